The van der Waals surface area contributed by atoms with Gasteiger partial charge in [-0.15, -0.1) is 0 Å². The van der Waals surface area contributed by atoms with Crippen LogP contribution in [0.2, 0.25) is 0 Å². The lowest BCUT2D eigenvalue weighted by Gasteiger charge is -2.32. The largest absolute Gasteiger partial charge is 0.497 e. The van der Waals surface area contributed by atoms with E-state index in [2.05, 4.69) is 5.32 Å². The summed E-state index contributed by atoms with van der Waals surface area (Å²) in [6.07, 6.45) is 0.481. The second-order valence-electron chi connectivity index (χ2n) is 8.42. The first-order chi connectivity index (χ1) is 18.0. The van der Waals surface area contributed by atoms with Gasteiger partial charge in [0.2, 0.25) is 11.8 Å². The molecule has 0 bridgehead atoms. The summed E-state index contributed by atoms with van der Waals surface area (Å²) in [5.41, 5.74) is 2.28. The number of carbonyl (C=O) groups is 2. The first-order valence-corrected chi connectivity index (χ1v) is 12.1. The van der Waals surface area contributed by atoms with Gasteiger partial charge in [-0.2, -0.15) is 0 Å². The topological polar surface area (TPSA) is 97.3 Å². The van der Waals surface area contributed by atoms with Crippen LogP contribution >= 0.6 is 0 Å². The van der Waals surface area contributed by atoms with Gasteiger partial charge >= 0.3 is 0 Å². The number of ether oxygens (including phenoxy) is 3. The van der Waals surface area contributed by atoms with Gasteiger partial charge in [-0.1, -0.05) is 48.5 Å². The Morgan fingerprint density at radius 2 is 1.54 bits per heavy atom. The summed E-state index contributed by atoms with van der Waals surface area (Å²) in [5, 5.41) is 12.0. The predicted octanol–water partition coefficient (Wildman–Crippen LogP) is 3.52. The average Bonchev–Trinajstić information content (AvgIpc) is 2.93. The Balaban J connectivity index is 1.99. The number of carbonyl (C=O) groups excluding carboxylic acids is 2. The van der Waals surface area contributed by atoms with Crippen molar-refractivity contribution in [1.82, 2.24) is 10.2 Å². The summed E-state index contributed by atoms with van der Waals surface area (Å²) >= 11 is 0. The quantitative estimate of drug-likeness (QED) is 0.344. The highest BCUT2D eigenvalue weighted by Crippen LogP contribution is 2.29. The molecule has 0 aliphatic rings. The molecule has 0 spiro atoms. The van der Waals surface area contributed by atoms with Gasteiger partial charge in [-0.25, -0.2) is 0 Å². The van der Waals surface area contributed by atoms with E-state index in [0.717, 1.165) is 11.1 Å². The van der Waals surface area contributed by atoms with Crippen molar-refractivity contribution in [3.8, 4) is 17.2 Å². The van der Waals surface area contributed by atoms with Crippen LogP contribution in [0, 0.1) is 0 Å². The number of aliphatic hydroxyl groups is 1. The van der Waals surface area contributed by atoms with E-state index in [1.807, 2.05) is 60.7 Å². The molecule has 2 amide bonds. The van der Waals surface area contributed by atoms with Crippen LogP contribution in [0.4, 0.5) is 0 Å². The average molecular weight is 507 g/mol. The van der Waals surface area contributed by atoms with Crippen molar-refractivity contribution in [2.24, 2.45) is 0 Å². The van der Waals surface area contributed by atoms with Gasteiger partial charge in [0.05, 0.1) is 27.8 Å². The molecule has 196 valence electrons. The van der Waals surface area contributed by atoms with Crippen molar-refractivity contribution in [3.05, 3.63) is 89.5 Å². The Bertz CT molecular complexity index is 1150. The Labute approximate surface area is 217 Å². The fourth-order valence-corrected chi connectivity index (χ4v) is 4.01. The van der Waals surface area contributed by atoms with Crippen LogP contribution in [0.3, 0.4) is 0 Å². The number of hydrogen-bond acceptors (Lipinski definition) is 6. The first-order valence-electron chi connectivity index (χ1n) is 12.1. The molecule has 0 aromatic heterocycles. The number of benzene rings is 3. The SMILES string of the molecule is COc1ccc(CN(C(=O)Cc2ccc(OC)c(OC)c2)[C@H](C(=O)NCCCO)c2ccccc2)cc1. The lowest BCUT2D eigenvalue weighted by Crippen LogP contribution is -2.44. The molecular formula is C29H34N2O6. The zero-order valence-corrected chi connectivity index (χ0v) is 21.5. The second kappa shape index (κ2) is 13.9. The van der Waals surface area contributed by atoms with Gasteiger partial charge in [0.1, 0.15) is 11.8 Å². The third kappa shape index (κ3) is 7.47. The van der Waals surface area contributed by atoms with Gasteiger partial charge in [0, 0.05) is 19.7 Å². The van der Waals surface area contributed by atoms with E-state index in [1.165, 1.54) is 0 Å². The van der Waals surface area contributed by atoms with E-state index >= 15 is 0 Å². The molecule has 0 radical (unpaired) electrons. The number of nitrogens with one attached hydrogen (secondary N) is 1. The monoisotopic (exact) mass is 506 g/mol. The maximum atomic E-state index is 13.9. The molecule has 0 aliphatic heterocycles. The Morgan fingerprint density at radius 1 is 0.865 bits per heavy atom. The summed E-state index contributed by atoms with van der Waals surface area (Å²) in [5.74, 6) is 1.26. The Hall–Kier alpha value is -4.04. The number of aliphatic hydroxyl groups excluding tert-OH is 1. The molecular weight excluding hydrogens is 472 g/mol. The van der Waals surface area contributed by atoms with Gasteiger partial charge in [-0.3, -0.25) is 9.59 Å². The van der Waals surface area contributed by atoms with Crippen molar-refractivity contribution in [3.63, 3.8) is 0 Å². The van der Waals surface area contributed by atoms with Crippen molar-refractivity contribution in [2.45, 2.75) is 25.4 Å². The Morgan fingerprint density at radius 3 is 2.16 bits per heavy atom. The van der Waals surface area contributed by atoms with Crippen LogP contribution < -0.4 is 19.5 Å². The maximum absolute atomic E-state index is 13.9. The standard InChI is InChI=1S/C29H34N2O6/c1-35-24-13-10-21(11-14-24)20-31(27(33)19-22-12-15-25(36-2)26(18-22)37-3)28(23-8-5-4-6-9-23)29(34)30-16-7-17-32/h4-6,8-15,18,28,32H,7,16-17,19-20H2,1-3H3,(H,30,34)/t28-/m0/s1. The fraction of sp³-hybridized carbons (Fsp3) is 0.310. The van der Waals surface area contributed by atoms with Crippen LogP contribution in [-0.2, 0) is 22.6 Å². The van der Waals surface area contributed by atoms with E-state index in [4.69, 9.17) is 19.3 Å². The second-order valence-corrected chi connectivity index (χ2v) is 8.42. The van der Waals surface area contributed by atoms with E-state index in [1.54, 1.807) is 38.4 Å². The molecule has 0 aliphatic carbocycles. The first kappa shape index (κ1) is 27.5. The highest BCUT2D eigenvalue weighted by Gasteiger charge is 2.31. The van der Waals surface area contributed by atoms with Crippen LogP contribution in [0.5, 0.6) is 17.2 Å². The minimum Gasteiger partial charge on any atom is -0.497 e. The third-order valence-electron chi connectivity index (χ3n) is 5.95. The van der Waals surface area contributed by atoms with Crippen molar-refractivity contribution in [1.29, 1.82) is 0 Å². The molecule has 0 saturated heterocycles. The van der Waals surface area contributed by atoms with Gasteiger partial charge in [-0.05, 0) is 47.4 Å². The maximum Gasteiger partial charge on any atom is 0.247 e. The van der Waals surface area contributed by atoms with Crippen molar-refractivity contribution in [2.75, 3.05) is 34.5 Å². The van der Waals surface area contributed by atoms with E-state index in [-0.39, 0.29) is 31.4 Å². The number of hydrogen-bond donors (Lipinski definition) is 2. The van der Waals surface area contributed by atoms with Crippen LogP contribution in [0.25, 0.3) is 0 Å². The normalized spacial score (nSPS) is 11.4. The summed E-state index contributed by atoms with van der Waals surface area (Å²) in [6.45, 7) is 0.478. The highest BCUT2D eigenvalue weighted by atomic mass is 16.5. The minimum absolute atomic E-state index is 0.0376. The molecule has 0 fully saturated rings. The fourth-order valence-electron chi connectivity index (χ4n) is 4.01. The summed E-state index contributed by atoms with van der Waals surface area (Å²) < 4.78 is 16.0. The van der Waals surface area contributed by atoms with E-state index in [0.29, 0.717) is 35.8 Å². The van der Waals surface area contributed by atoms with Gasteiger partial charge < -0.3 is 29.5 Å². The molecule has 0 heterocycles. The lowest BCUT2D eigenvalue weighted by molar-refractivity contribution is -0.141. The number of amides is 2. The summed E-state index contributed by atoms with van der Waals surface area (Å²) in [4.78, 5) is 28.9. The zero-order valence-electron chi connectivity index (χ0n) is 21.5. The van der Waals surface area contributed by atoms with Crippen molar-refractivity contribution < 1.29 is 28.9 Å². The molecule has 37 heavy (non-hydrogen) atoms. The van der Waals surface area contributed by atoms with Crippen LogP contribution in [-0.4, -0.2) is 56.3 Å². The number of rotatable bonds is 13. The van der Waals surface area contributed by atoms with Crippen LogP contribution in [0.1, 0.15) is 29.2 Å². The zero-order chi connectivity index (χ0) is 26.6. The molecule has 3 aromatic carbocycles. The van der Waals surface area contributed by atoms with Crippen molar-refractivity contribution >= 4 is 11.8 Å². The lowest BCUT2D eigenvalue weighted by atomic mass is 10.0. The Kier molecular flexibility index (Phi) is 10.3. The number of methoxy groups -OCH3 is 3. The third-order valence-corrected chi connectivity index (χ3v) is 5.95. The minimum atomic E-state index is -0.866. The highest BCUT2D eigenvalue weighted by molar-refractivity contribution is 5.89. The van der Waals surface area contributed by atoms with E-state index < -0.39 is 6.04 Å². The molecule has 3 rings (SSSR count). The molecule has 0 saturated carbocycles. The molecule has 0 unspecified atom stereocenters. The summed E-state index contributed by atoms with van der Waals surface area (Å²) in [6, 6.07) is 21.1. The van der Waals surface area contributed by atoms with E-state index in [9.17, 15) is 9.59 Å². The molecule has 8 nitrogen and oxygen atoms in total. The molecule has 3 aromatic rings. The van der Waals surface area contributed by atoms with Crippen LogP contribution in [0.15, 0.2) is 72.8 Å². The molecule has 2 N–H and O–H groups in total. The predicted molar refractivity (Wildman–Crippen MR) is 141 cm³/mol. The van der Waals surface area contributed by atoms with Gasteiger partial charge in [0.15, 0.2) is 11.5 Å². The molecule has 1 atom stereocenters. The molecule has 8 heteroatoms. The van der Waals surface area contributed by atoms with Gasteiger partial charge in [0.25, 0.3) is 0 Å². The smallest absolute Gasteiger partial charge is 0.247 e. The number of nitrogens with zero attached hydrogens (tertiary/aromatic N) is 1. The summed E-state index contributed by atoms with van der Waals surface area (Å²) in [7, 11) is 4.69.